The SMILES string of the molecule is Cc1ncsc1-c1ccc(CNC(=O)[C@@H]2C[C@@H](OC(=O)CCCCCCCCCCCNC(=O)OC(C)(C)C)CN2C(=O)[C@@H](NC(=O)COCCOCCOCCNC(=O)C[C@@H]2N=C(c3ccc(Cl)cc3)c3c(sc(C)c3C)-n3c(C)nnc32)C(C)(C)C)cc1. The van der Waals surface area contributed by atoms with Crippen LogP contribution in [0, 0.1) is 33.1 Å². The monoisotopic (exact) mass is 1300 g/mol. The summed E-state index contributed by atoms with van der Waals surface area (Å²) in [6, 6.07) is 12.8. The fraction of sp³-hybridized carbons (Fsp3) is 0.576. The van der Waals surface area contributed by atoms with Crippen LogP contribution >= 0.6 is 34.3 Å². The van der Waals surface area contributed by atoms with E-state index in [0.29, 0.717) is 29.6 Å². The van der Waals surface area contributed by atoms with E-state index in [4.69, 9.17) is 40.3 Å². The standard InChI is InChI=1S/C66H91ClN10O11S2/c1-42-44(3)90-63-56(42)57(47-25-27-49(67)28-26-47)72-51(60-75-74-45(4)77(60)63)37-53(78)68-30-31-84-32-33-85-34-35-86-40-54(79)73-59(65(5,6)7)62(82)76-39-50(36-52(76)61(81)70-38-46-21-23-48(24-22-46)58-43(2)71-41-89-58)87-55(80)20-18-16-14-12-11-13-15-17-19-29-69-64(83)88-66(8,9)10/h21-28,41,50-52,59H,11-20,29-40H2,1-10H3,(H,68,78)(H,69,83)(H,70,81)(H,73,79)/t50-,51+,52+,59-/m1/s1. The number of amides is 5. The largest absolute Gasteiger partial charge is 0.460 e. The summed E-state index contributed by atoms with van der Waals surface area (Å²) in [6.07, 6.45) is 8.07. The number of carbonyl (C=O) groups excluding carboxylic acids is 6. The minimum atomic E-state index is -1.05. The van der Waals surface area contributed by atoms with E-state index in [9.17, 15) is 28.8 Å². The Morgan fingerprint density at radius 2 is 1.38 bits per heavy atom. The third kappa shape index (κ3) is 21.2. The summed E-state index contributed by atoms with van der Waals surface area (Å²) in [6.45, 7) is 20.8. The number of benzene rings is 2. The molecule has 2 aliphatic heterocycles. The van der Waals surface area contributed by atoms with Crippen LogP contribution in [0.15, 0.2) is 59.0 Å². The Morgan fingerprint density at radius 3 is 2.03 bits per heavy atom. The van der Waals surface area contributed by atoms with Crippen LogP contribution in [0.1, 0.15) is 169 Å². The molecule has 4 atom stereocenters. The molecule has 0 aliphatic carbocycles. The average Bonchev–Trinajstić information content (AvgIpc) is 1.63. The zero-order valence-corrected chi connectivity index (χ0v) is 56.3. The van der Waals surface area contributed by atoms with Gasteiger partial charge in [0.25, 0.3) is 0 Å². The number of unbranched alkanes of at least 4 members (excludes halogenated alkanes) is 8. The first-order chi connectivity index (χ1) is 43.0. The Labute approximate surface area is 542 Å². The second kappa shape index (κ2) is 34.2. The van der Waals surface area contributed by atoms with Crippen molar-refractivity contribution in [3.63, 3.8) is 0 Å². The summed E-state index contributed by atoms with van der Waals surface area (Å²) in [5.74, 6) is -0.685. The number of aliphatic imine (C=N–C) groups is 1. The molecular weight excluding hydrogens is 1210 g/mol. The average molecular weight is 1300 g/mol. The van der Waals surface area contributed by atoms with Crippen molar-refractivity contribution < 1.29 is 52.5 Å². The summed E-state index contributed by atoms with van der Waals surface area (Å²) in [5, 5.41) is 22.1. The second-order valence-corrected chi connectivity index (χ2v) is 27.5. The van der Waals surface area contributed by atoms with Gasteiger partial charge < -0.3 is 49.9 Å². The molecule has 5 heterocycles. The van der Waals surface area contributed by atoms with Gasteiger partial charge in [-0.15, -0.1) is 32.9 Å². The minimum Gasteiger partial charge on any atom is -0.460 e. The Morgan fingerprint density at radius 1 is 0.733 bits per heavy atom. The fourth-order valence-electron chi connectivity index (χ4n) is 10.7. The van der Waals surface area contributed by atoms with E-state index in [1.165, 1.54) is 4.90 Å². The predicted molar refractivity (Wildman–Crippen MR) is 349 cm³/mol. The van der Waals surface area contributed by atoms with Gasteiger partial charge in [0.15, 0.2) is 5.82 Å². The number of fused-ring (bicyclic) bond motifs is 3. The van der Waals surface area contributed by atoms with Crippen molar-refractivity contribution in [2.24, 2.45) is 10.4 Å². The van der Waals surface area contributed by atoms with Crippen LogP contribution in [0.5, 0.6) is 0 Å². The maximum atomic E-state index is 14.7. The maximum Gasteiger partial charge on any atom is 0.407 e. The number of likely N-dealkylation sites (tertiary alicyclic amines) is 1. The highest BCUT2D eigenvalue weighted by molar-refractivity contribution is 7.15. The molecule has 5 amide bonds. The van der Waals surface area contributed by atoms with Gasteiger partial charge in [-0.1, -0.05) is 114 Å². The van der Waals surface area contributed by atoms with Crippen molar-refractivity contribution in [2.45, 2.75) is 183 Å². The van der Waals surface area contributed by atoms with Gasteiger partial charge >= 0.3 is 12.1 Å². The van der Waals surface area contributed by atoms with Gasteiger partial charge in [0.1, 0.15) is 47.3 Å². The number of nitrogens with zero attached hydrogens (tertiary/aromatic N) is 6. The molecule has 2 aromatic carbocycles. The molecule has 490 valence electrons. The number of nitrogens with one attached hydrogen (secondary N) is 4. The van der Waals surface area contributed by atoms with Crippen molar-refractivity contribution in [1.29, 1.82) is 0 Å². The Balaban J connectivity index is 0.818. The van der Waals surface area contributed by atoms with Gasteiger partial charge in [-0.2, -0.15) is 0 Å². The van der Waals surface area contributed by atoms with E-state index >= 15 is 0 Å². The van der Waals surface area contributed by atoms with Gasteiger partial charge in [0.2, 0.25) is 23.6 Å². The van der Waals surface area contributed by atoms with Crippen molar-refractivity contribution in [3.8, 4) is 15.4 Å². The van der Waals surface area contributed by atoms with Gasteiger partial charge in [0.05, 0.1) is 67.8 Å². The quantitative estimate of drug-likeness (QED) is 0.0225. The fourth-order valence-corrected chi connectivity index (χ4v) is 12.8. The molecule has 0 radical (unpaired) electrons. The second-order valence-electron chi connectivity index (χ2n) is 25.0. The van der Waals surface area contributed by atoms with E-state index in [0.717, 1.165) is 105 Å². The maximum absolute atomic E-state index is 14.7. The molecule has 4 N–H and O–H groups in total. The van der Waals surface area contributed by atoms with Crippen LogP contribution in [0.2, 0.25) is 5.02 Å². The van der Waals surface area contributed by atoms with Gasteiger partial charge in [-0.25, -0.2) is 9.78 Å². The molecule has 0 spiro atoms. The molecular formula is C66H91ClN10O11S2. The molecule has 0 unspecified atom stereocenters. The topological polar surface area (TPSA) is 256 Å². The summed E-state index contributed by atoms with van der Waals surface area (Å²) in [7, 11) is 0. The van der Waals surface area contributed by atoms with E-state index in [2.05, 4.69) is 50.3 Å². The molecule has 5 aromatic rings. The number of rotatable bonds is 33. The number of hydrogen-bond donors (Lipinski definition) is 4. The minimum absolute atomic E-state index is 0.0115. The highest BCUT2D eigenvalue weighted by Crippen LogP contribution is 2.40. The number of ether oxygens (including phenoxy) is 5. The smallest absolute Gasteiger partial charge is 0.407 e. The summed E-state index contributed by atoms with van der Waals surface area (Å²) in [5.41, 5.74) is 7.10. The first kappa shape index (κ1) is 70.8. The van der Waals surface area contributed by atoms with Gasteiger partial charge in [0, 0.05) is 53.5 Å². The lowest BCUT2D eigenvalue weighted by atomic mass is 9.85. The lowest BCUT2D eigenvalue weighted by Gasteiger charge is -2.35. The molecule has 1 saturated heterocycles. The molecule has 7 rings (SSSR count). The number of thiophene rings is 1. The number of carbonyl (C=O) groups is 6. The van der Waals surface area contributed by atoms with E-state index < -0.39 is 53.0 Å². The molecule has 2 aliphatic rings. The summed E-state index contributed by atoms with van der Waals surface area (Å²) >= 11 is 9.47. The van der Waals surface area contributed by atoms with E-state index in [1.54, 1.807) is 22.7 Å². The summed E-state index contributed by atoms with van der Waals surface area (Å²) in [4.78, 5) is 93.9. The van der Waals surface area contributed by atoms with Crippen molar-refractivity contribution in [2.75, 3.05) is 59.3 Å². The number of hydrogen-bond acceptors (Lipinski definition) is 17. The third-order valence-electron chi connectivity index (χ3n) is 15.5. The molecule has 90 heavy (non-hydrogen) atoms. The van der Waals surface area contributed by atoms with Crippen LogP contribution < -0.4 is 21.3 Å². The highest BCUT2D eigenvalue weighted by atomic mass is 35.5. The number of alkyl carbamates (subject to hydrolysis) is 1. The zero-order chi connectivity index (χ0) is 65.0. The first-order valence-electron chi connectivity index (χ1n) is 31.4. The number of esters is 1. The van der Waals surface area contributed by atoms with Crippen LogP contribution in [0.3, 0.4) is 0 Å². The first-order valence-corrected chi connectivity index (χ1v) is 33.4. The lowest BCUT2D eigenvalue weighted by molar-refractivity contribution is -0.150. The third-order valence-corrected chi connectivity index (χ3v) is 17.9. The molecule has 21 nitrogen and oxygen atoms in total. The van der Waals surface area contributed by atoms with Gasteiger partial charge in [-0.05, 0) is 95.5 Å². The van der Waals surface area contributed by atoms with Crippen molar-refractivity contribution in [3.05, 3.63) is 104 Å². The zero-order valence-electron chi connectivity index (χ0n) is 53.9. The summed E-state index contributed by atoms with van der Waals surface area (Å²) < 4.78 is 30.3. The van der Waals surface area contributed by atoms with E-state index in [1.807, 2.05) is 114 Å². The van der Waals surface area contributed by atoms with E-state index in [-0.39, 0.29) is 96.5 Å². The lowest BCUT2D eigenvalue weighted by Crippen LogP contribution is -2.58. The predicted octanol–water partition coefficient (Wildman–Crippen LogP) is 10.6. The Hall–Kier alpha value is -6.63. The van der Waals surface area contributed by atoms with Crippen LogP contribution in [0.4, 0.5) is 4.79 Å². The molecule has 0 bridgehead atoms. The van der Waals surface area contributed by atoms with Crippen LogP contribution in [0.25, 0.3) is 15.4 Å². The van der Waals surface area contributed by atoms with Crippen molar-refractivity contribution >= 4 is 75.7 Å². The normalized spacial score (nSPS) is 15.9. The number of halogens is 1. The highest BCUT2D eigenvalue weighted by Gasteiger charge is 2.46. The molecule has 0 saturated carbocycles. The number of thiazole rings is 1. The molecule has 3 aromatic heterocycles. The number of aryl methyl sites for hydroxylation is 3. The Bertz CT molecular complexity index is 3220. The van der Waals surface area contributed by atoms with Crippen LogP contribution in [-0.2, 0) is 54.2 Å². The van der Waals surface area contributed by atoms with Gasteiger partial charge in [-0.3, -0.25) is 33.5 Å². The van der Waals surface area contributed by atoms with Crippen molar-refractivity contribution in [1.82, 2.24) is 45.9 Å². The molecule has 1 fully saturated rings. The number of aromatic nitrogens is 4. The Kier molecular flexibility index (Phi) is 26.9. The molecule has 24 heteroatoms. The van der Waals surface area contributed by atoms with Crippen LogP contribution in [-0.4, -0.2) is 149 Å².